The van der Waals surface area contributed by atoms with Crippen molar-refractivity contribution >= 4 is 18.3 Å². The van der Waals surface area contributed by atoms with Gasteiger partial charge in [-0.2, -0.15) is 0 Å². The number of nitrogens with zero attached hydrogens (tertiary/aromatic N) is 1. The Bertz CT molecular complexity index is 524. The van der Waals surface area contributed by atoms with E-state index < -0.39 is 0 Å². The van der Waals surface area contributed by atoms with Crippen molar-refractivity contribution < 1.29 is 9.90 Å². The van der Waals surface area contributed by atoms with Crippen LogP contribution in [0.15, 0.2) is 24.3 Å². The van der Waals surface area contributed by atoms with Crippen molar-refractivity contribution in [2.75, 3.05) is 26.2 Å². The number of halogens is 1. The summed E-state index contributed by atoms with van der Waals surface area (Å²) in [7, 11) is 0. The zero-order valence-electron chi connectivity index (χ0n) is 14.7. The fourth-order valence-electron chi connectivity index (χ4n) is 3.52. The number of nitrogens with one attached hydrogen (secondary N) is 2. The molecule has 0 atom stereocenters. The number of hydrogen-bond donors (Lipinski definition) is 3. The second kappa shape index (κ2) is 10.1. The average molecular weight is 368 g/mol. The van der Waals surface area contributed by atoms with Crippen LogP contribution in [0.4, 0.5) is 0 Å². The first-order valence-corrected chi connectivity index (χ1v) is 9.17. The van der Waals surface area contributed by atoms with Crippen LogP contribution in [0.5, 0.6) is 0 Å². The number of aliphatic hydroxyl groups excluding tert-OH is 1. The van der Waals surface area contributed by atoms with Gasteiger partial charge in [0.2, 0.25) is 5.91 Å². The first-order valence-electron chi connectivity index (χ1n) is 9.17. The third kappa shape index (κ3) is 6.26. The van der Waals surface area contributed by atoms with Crippen molar-refractivity contribution in [1.82, 2.24) is 15.5 Å². The molecular weight excluding hydrogens is 338 g/mol. The second-order valence-corrected chi connectivity index (χ2v) is 7.07. The van der Waals surface area contributed by atoms with Gasteiger partial charge in [0.05, 0.1) is 6.10 Å². The van der Waals surface area contributed by atoms with Crippen molar-refractivity contribution in [3.05, 3.63) is 35.4 Å². The molecule has 2 fully saturated rings. The Morgan fingerprint density at radius 3 is 2.32 bits per heavy atom. The third-order valence-corrected chi connectivity index (χ3v) is 5.16. The van der Waals surface area contributed by atoms with Gasteiger partial charge in [-0.3, -0.25) is 9.69 Å². The molecule has 2 aliphatic rings. The van der Waals surface area contributed by atoms with E-state index >= 15 is 0 Å². The van der Waals surface area contributed by atoms with E-state index in [0.29, 0.717) is 6.54 Å². The standard InChI is InChI=1S/C19H29N3O2.ClH/c23-18-7-11-22(12-8-18)14-16-3-1-15(2-4-16)13-21-19(24)17-5-9-20-10-6-17;/h1-4,17-18,20,23H,5-14H2,(H,21,24);1H. The van der Waals surface area contributed by atoms with Crippen LogP contribution in [-0.2, 0) is 17.9 Å². The number of carbonyl (C=O) groups is 1. The Kier molecular flexibility index (Phi) is 8.16. The molecule has 0 aromatic heterocycles. The Balaban J connectivity index is 0.00000225. The summed E-state index contributed by atoms with van der Waals surface area (Å²) in [6.45, 7) is 5.37. The summed E-state index contributed by atoms with van der Waals surface area (Å²) in [5.74, 6) is 0.354. The summed E-state index contributed by atoms with van der Waals surface area (Å²) >= 11 is 0. The van der Waals surface area contributed by atoms with Crippen molar-refractivity contribution in [3.63, 3.8) is 0 Å². The molecule has 0 unspecified atom stereocenters. The molecule has 3 rings (SSSR count). The van der Waals surface area contributed by atoms with E-state index in [0.717, 1.165) is 64.0 Å². The van der Waals surface area contributed by atoms with Gasteiger partial charge in [0, 0.05) is 32.1 Å². The zero-order valence-corrected chi connectivity index (χ0v) is 15.6. The maximum atomic E-state index is 12.2. The molecule has 0 spiro atoms. The molecule has 0 aliphatic carbocycles. The minimum absolute atomic E-state index is 0. The molecule has 1 aromatic carbocycles. The highest BCUT2D eigenvalue weighted by Crippen LogP contribution is 2.15. The molecular formula is C19H30ClN3O2. The predicted molar refractivity (Wildman–Crippen MR) is 102 cm³/mol. The van der Waals surface area contributed by atoms with Crippen molar-refractivity contribution in [1.29, 1.82) is 0 Å². The first kappa shape index (κ1) is 20.2. The highest BCUT2D eigenvalue weighted by Gasteiger charge is 2.20. The number of aliphatic hydroxyl groups is 1. The molecule has 1 aromatic rings. The molecule has 0 bridgehead atoms. The van der Waals surface area contributed by atoms with Gasteiger partial charge in [-0.1, -0.05) is 24.3 Å². The van der Waals surface area contributed by atoms with Crippen LogP contribution in [0.2, 0.25) is 0 Å². The number of carbonyl (C=O) groups excluding carboxylic acids is 1. The minimum Gasteiger partial charge on any atom is -0.393 e. The van der Waals surface area contributed by atoms with Crippen LogP contribution < -0.4 is 10.6 Å². The van der Waals surface area contributed by atoms with Crippen LogP contribution in [0, 0.1) is 5.92 Å². The lowest BCUT2D eigenvalue weighted by atomic mass is 9.97. The van der Waals surface area contributed by atoms with Crippen LogP contribution in [0.1, 0.15) is 36.8 Å². The van der Waals surface area contributed by atoms with E-state index in [4.69, 9.17) is 0 Å². The molecule has 2 heterocycles. The van der Waals surface area contributed by atoms with Crippen molar-refractivity contribution in [3.8, 4) is 0 Å². The van der Waals surface area contributed by atoms with E-state index in [1.807, 2.05) is 0 Å². The topological polar surface area (TPSA) is 64.6 Å². The summed E-state index contributed by atoms with van der Waals surface area (Å²) < 4.78 is 0. The number of rotatable bonds is 5. The van der Waals surface area contributed by atoms with Crippen molar-refractivity contribution in [2.45, 2.75) is 44.9 Å². The fourth-order valence-corrected chi connectivity index (χ4v) is 3.52. The second-order valence-electron chi connectivity index (χ2n) is 7.07. The average Bonchev–Trinajstić information content (AvgIpc) is 2.63. The zero-order chi connectivity index (χ0) is 16.8. The SMILES string of the molecule is Cl.O=C(NCc1ccc(CN2CCC(O)CC2)cc1)C1CCNCC1. The Morgan fingerprint density at radius 2 is 1.68 bits per heavy atom. The quantitative estimate of drug-likeness (QED) is 0.741. The number of piperidine rings is 2. The van der Waals surface area contributed by atoms with E-state index in [1.54, 1.807) is 0 Å². The maximum Gasteiger partial charge on any atom is 0.223 e. The number of amides is 1. The van der Waals surface area contributed by atoms with E-state index in [2.05, 4.69) is 39.8 Å². The minimum atomic E-state index is -0.118. The lowest BCUT2D eigenvalue weighted by Gasteiger charge is -2.29. The van der Waals surface area contributed by atoms with Gasteiger partial charge in [0.15, 0.2) is 0 Å². The smallest absolute Gasteiger partial charge is 0.223 e. The van der Waals surface area contributed by atoms with Gasteiger partial charge in [-0.15, -0.1) is 12.4 Å². The van der Waals surface area contributed by atoms with Gasteiger partial charge >= 0.3 is 0 Å². The van der Waals surface area contributed by atoms with Crippen LogP contribution in [-0.4, -0.2) is 48.2 Å². The first-order chi connectivity index (χ1) is 11.7. The normalized spacial score (nSPS) is 20.0. The highest BCUT2D eigenvalue weighted by molar-refractivity contribution is 5.85. The fraction of sp³-hybridized carbons (Fsp3) is 0.632. The molecule has 5 nitrogen and oxygen atoms in total. The molecule has 3 N–H and O–H groups in total. The predicted octanol–water partition coefficient (Wildman–Crippen LogP) is 1.68. The summed E-state index contributed by atoms with van der Waals surface area (Å²) in [4.78, 5) is 14.6. The largest absolute Gasteiger partial charge is 0.393 e. The monoisotopic (exact) mass is 367 g/mol. The Morgan fingerprint density at radius 1 is 1.08 bits per heavy atom. The highest BCUT2D eigenvalue weighted by atomic mass is 35.5. The lowest BCUT2D eigenvalue weighted by Crippen LogP contribution is -2.37. The van der Waals surface area contributed by atoms with Gasteiger partial charge in [-0.25, -0.2) is 0 Å². The number of hydrogen-bond acceptors (Lipinski definition) is 4. The summed E-state index contributed by atoms with van der Waals surface area (Å²) in [6.07, 6.45) is 3.51. The summed E-state index contributed by atoms with van der Waals surface area (Å²) in [6, 6.07) is 8.52. The maximum absolute atomic E-state index is 12.2. The van der Waals surface area contributed by atoms with Gasteiger partial charge in [0.25, 0.3) is 0 Å². The molecule has 2 saturated heterocycles. The van der Waals surface area contributed by atoms with Crippen LogP contribution >= 0.6 is 12.4 Å². The Hall–Kier alpha value is -1.14. The molecule has 0 saturated carbocycles. The Labute approximate surface area is 156 Å². The van der Waals surface area contributed by atoms with Gasteiger partial charge in [-0.05, 0) is 49.9 Å². The van der Waals surface area contributed by atoms with E-state index in [-0.39, 0.29) is 30.3 Å². The van der Waals surface area contributed by atoms with E-state index in [1.165, 1.54) is 5.56 Å². The molecule has 6 heteroatoms. The van der Waals surface area contributed by atoms with Gasteiger partial charge < -0.3 is 15.7 Å². The summed E-state index contributed by atoms with van der Waals surface area (Å²) in [5, 5.41) is 15.9. The lowest BCUT2D eigenvalue weighted by molar-refractivity contribution is -0.125. The van der Waals surface area contributed by atoms with Crippen LogP contribution in [0.3, 0.4) is 0 Å². The van der Waals surface area contributed by atoms with Crippen molar-refractivity contribution in [2.24, 2.45) is 5.92 Å². The molecule has 2 aliphatic heterocycles. The van der Waals surface area contributed by atoms with E-state index in [9.17, 15) is 9.90 Å². The van der Waals surface area contributed by atoms with Crippen LogP contribution in [0.25, 0.3) is 0 Å². The molecule has 0 radical (unpaired) electrons. The molecule has 1 amide bonds. The third-order valence-electron chi connectivity index (χ3n) is 5.16. The number of benzene rings is 1. The molecule has 25 heavy (non-hydrogen) atoms. The number of likely N-dealkylation sites (tertiary alicyclic amines) is 1. The summed E-state index contributed by atoms with van der Waals surface area (Å²) in [5.41, 5.74) is 2.44. The molecule has 140 valence electrons. The van der Waals surface area contributed by atoms with Gasteiger partial charge in [0.1, 0.15) is 0 Å².